The molecule has 2 N–H and O–H groups in total. The van der Waals surface area contributed by atoms with E-state index in [-0.39, 0.29) is 16.4 Å². The molecule has 1 aromatic carbocycles. The Hall–Kier alpha value is -1.65. The number of ether oxygens (including phenoxy) is 1. The molecule has 0 spiro atoms. The highest BCUT2D eigenvalue weighted by atomic mass is 35.5. The Morgan fingerprint density at radius 2 is 1.90 bits per heavy atom. The van der Waals surface area contributed by atoms with Crippen molar-refractivity contribution in [1.29, 1.82) is 0 Å². The summed E-state index contributed by atoms with van der Waals surface area (Å²) in [6, 6.07) is 8.12. The van der Waals surface area contributed by atoms with Crippen LogP contribution in [0.15, 0.2) is 65.0 Å². The summed E-state index contributed by atoms with van der Waals surface area (Å²) in [6.45, 7) is 4.70. The predicted octanol–water partition coefficient (Wildman–Crippen LogP) is 3.35. The van der Waals surface area contributed by atoms with Crippen LogP contribution in [0.4, 0.5) is 0 Å². The zero-order valence-electron chi connectivity index (χ0n) is 11.2. The predicted molar refractivity (Wildman–Crippen MR) is 81.0 cm³/mol. The van der Waals surface area contributed by atoms with Crippen molar-refractivity contribution < 1.29 is 23.9 Å². The number of halogens is 1. The third-order valence-corrected chi connectivity index (χ3v) is 3.54. The quantitative estimate of drug-likeness (QED) is 0.285. The van der Waals surface area contributed by atoms with Gasteiger partial charge >= 0.3 is 13.6 Å². The van der Waals surface area contributed by atoms with Crippen LogP contribution in [-0.2, 0) is 9.36 Å². The Morgan fingerprint density at radius 3 is 2.33 bits per heavy atom. The molecule has 0 aromatic heterocycles. The number of allylic oxidation sites excluding steroid dienone is 3. The molecule has 0 saturated carbocycles. The first kappa shape index (κ1) is 17.4. The molecule has 21 heavy (non-hydrogen) atoms. The monoisotopic (exact) mass is 328 g/mol. The van der Waals surface area contributed by atoms with E-state index < -0.39 is 18.9 Å². The van der Waals surface area contributed by atoms with E-state index in [1.54, 1.807) is 18.2 Å². The van der Waals surface area contributed by atoms with Gasteiger partial charge in [-0.25, -0.2) is 4.79 Å². The molecule has 0 heterocycles. The first-order chi connectivity index (χ1) is 9.77. The molecule has 1 aromatic rings. The largest absolute Gasteiger partial charge is 0.423 e. The van der Waals surface area contributed by atoms with E-state index in [0.717, 1.165) is 12.2 Å². The molecule has 5 nitrogen and oxygen atoms in total. The number of esters is 1. The number of carbonyl (C=O) groups is 1. The average Bonchev–Trinajstić information content (AvgIpc) is 2.37. The summed E-state index contributed by atoms with van der Waals surface area (Å²) in [5, 5.41) is -0.627. The second-order valence-corrected chi connectivity index (χ2v) is 6.08. The van der Waals surface area contributed by atoms with Gasteiger partial charge in [0.25, 0.3) is 0 Å². The van der Waals surface area contributed by atoms with Gasteiger partial charge in [0.1, 0.15) is 5.75 Å². The maximum atomic E-state index is 12.1. The fourth-order valence-corrected chi connectivity index (χ4v) is 2.60. The van der Waals surface area contributed by atoms with Crippen LogP contribution in [-0.4, -0.2) is 15.8 Å². The normalized spacial score (nSPS) is 13.4. The lowest BCUT2D eigenvalue weighted by molar-refractivity contribution is -0.129. The Labute approximate surface area is 127 Å². The Balaban J connectivity index is 3.22. The summed E-state index contributed by atoms with van der Waals surface area (Å²) in [5.74, 6) is -0.716. The summed E-state index contributed by atoms with van der Waals surface area (Å²) in [5.41, 5.74) is -0.381. The topological polar surface area (TPSA) is 83.8 Å². The minimum Gasteiger partial charge on any atom is -0.423 e. The third kappa shape index (κ3) is 4.99. The molecular weight excluding hydrogens is 315 g/mol. The zero-order valence-corrected chi connectivity index (χ0v) is 12.8. The Kier molecular flexibility index (Phi) is 6.12. The minimum absolute atomic E-state index is 0.0904. The lowest BCUT2D eigenvalue weighted by atomic mass is 10.2. The minimum atomic E-state index is -4.71. The molecule has 112 valence electrons. The van der Waals surface area contributed by atoms with Crippen LogP contribution in [0, 0.1) is 0 Å². The molecule has 0 atom stereocenters. The van der Waals surface area contributed by atoms with Crippen LogP contribution < -0.4 is 4.74 Å². The second kappa shape index (κ2) is 7.38. The Morgan fingerprint density at radius 1 is 1.33 bits per heavy atom. The Bertz CT molecular complexity index is 639. The van der Waals surface area contributed by atoms with Gasteiger partial charge in [-0.2, -0.15) is 0 Å². The number of hydrogen-bond acceptors (Lipinski definition) is 3. The van der Waals surface area contributed by atoms with Crippen molar-refractivity contribution in [3.63, 3.8) is 0 Å². The highest BCUT2D eigenvalue weighted by molar-refractivity contribution is 7.57. The number of hydrogen-bond donors (Lipinski definition) is 2. The summed E-state index contributed by atoms with van der Waals surface area (Å²) < 4.78 is 16.6. The number of para-hydroxylation sites is 1. The van der Waals surface area contributed by atoms with Gasteiger partial charge in [-0.1, -0.05) is 42.5 Å². The van der Waals surface area contributed by atoms with Crippen LogP contribution in [0.25, 0.3) is 0 Å². The van der Waals surface area contributed by atoms with E-state index in [2.05, 4.69) is 6.58 Å². The number of benzene rings is 1. The first-order valence-corrected chi connectivity index (χ1v) is 7.79. The molecule has 0 aliphatic rings. The number of rotatable bonds is 5. The first-order valence-electron chi connectivity index (χ1n) is 5.80. The average molecular weight is 329 g/mol. The van der Waals surface area contributed by atoms with Crippen LogP contribution >= 0.6 is 19.2 Å². The lowest BCUT2D eigenvalue weighted by Crippen LogP contribution is -2.14. The van der Waals surface area contributed by atoms with Crippen LogP contribution in [0.1, 0.15) is 6.92 Å². The van der Waals surface area contributed by atoms with E-state index in [4.69, 9.17) is 16.3 Å². The smallest absolute Gasteiger partial charge is 0.357 e. The maximum Gasteiger partial charge on any atom is 0.357 e. The van der Waals surface area contributed by atoms with E-state index in [1.165, 1.54) is 19.1 Å². The van der Waals surface area contributed by atoms with E-state index >= 15 is 0 Å². The van der Waals surface area contributed by atoms with Crippen LogP contribution in [0.2, 0.25) is 0 Å². The number of carbonyl (C=O) groups excluding carboxylic acids is 1. The van der Waals surface area contributed by atoms with Gasteiger partial charge < -0.3 is 14.5 Å². The molecule has 0 saturated heterocycles. The van der Waals surface area contributed by atoms with Gasteiger partial charge in [0.15, 0.2) is 0 Å². The molecule has 0 aliphatic heterocycles. The van der Waals surface area contributed by atoms with Gasteiger partial charge in [-0.05, 0) is 25.1 Å². The summed E-state index contributed by atoms with van der Waals surface area (Å²) in [7, 11) is -4.71. The van der Waals surface area contributed by atoms with Crippen molar-refractivity contribution in [3.05, 3.63) is 65.0 Å². The third-order valence-electron chi connectivity index (χ3n) is 2.35. The second-order valence-electron chi connectivity index (χ2n) is 3.94. The van der Waals surface area contributed by atoms with Gasteiger partial charge in [0.05, 0.1) is 10.9 Å². The maximum absolute atomic E-state index is 12.1. The highest BCUT2D eigenvalue weighted by Gasteiger charge is 2.31. The van der Waals surface area contributed by atoms with Crippen LogP contribution in [0.3, 0.4) is 0 Å². The molecular formula is C14H14ClO5P. The van der Waals surface area contributed by atoms with Gasteiger partial charge in [-0.15, -0.1) is 0 Å². The van der Waals surface area contributed by atoms with Gasteiger partial charge in [-0.3, -0.25) is 4.57 Å². The van der Waals surface area contributed by atoms with Crippen molar-refractivity contribution in [3.8, 4) is 5.75 Å². The van der Waals surface area contributed by atoms with Crippen molar-refractivity contribution >= 4 is 25.2 Å². The molecule has 0 amide bonds. The zero-order chi connectivity index (χ0) is 16.0. The summed E-state index contributed by atoms with van der Waals surface area (Å²) >= 11 is 5.80. The molecule has 0 radical (unpaired) electrons. The molecule has 0 bridgehead atoms. The summed E-state index contributed by atoms with van der Waals surface area (Å²) in [6.07, 6.45) is 2.19. The van der Waals surface area contributed by atoms with Crippen LogP contribution in [0.5, 0.6) is 5.75 Å². The van der Waals surface area contributed by atoms with E-state index in [0.29, 0.717) is 0 Å². The van der Waals surface area contributed by atoms with E-state index in [9.17, 15) is 19.1 Å². The van der Waals surface area contributed by atoms with Crippen molar-refractivity contribution in [2.45, 2.75) is 6.92 Å². The fourth-order valence-electron chi connectivity index (χ4n) is 1.51. The molecule has 0 fully saturated rings. The van der Waals surface area contributed by atoms with Crippen molar-refractivity contribution in [1.82, 2.24) is 0 Å². The fraction of sp³-hybridized carbons (Fsp3) is 0.0714. The standard InChI is InChI=1S/C14H14ClO5P/c1-3-7-12(21(17,18)19)13(10(2)15)14(16)20-11-8-5-4-6-9-11/h3-9H,1H2,2H3,(H2,17,18,19)/b12-7+,13-10?. The van der Waals surface area contributed by atoms with Gasteiger partial charge in [0.2, 0.25) is 0 Å². The summed E-state index contributed by atoms with van der Waals surface area (Å²) in [4.78, 5) is 30.8. The van der Waals surface area contributed by atoms with Gasteiger partial charge in [0, 0.05) is 5.03 Å². The van der Waals surface area contributed by atoms with E-state index in [1.807, 2.05) is 0 Å². The van der Waals surface area contributed by atoms with Crippen molar-refractivity contribution in [2.24, 2.45) is 0 Å². The molecule has 0 aliphatic carbocycles. The molecule has 1 rings (SSSR count). The molecule has 7 heteroatoms. The lowest BCUT2D eigenvalue weighted by Gasteiger charge is -2.13. The SMILES string of the molecule is C=C/C=C(\C(C(=O)Oc1ccccc1)=C(C)Cl)P(=O)(O)O. The van der Waals surface area contributed by atoms with Crippen molar-refractivity contribution in [2.75, 3.05) is 0 Å². The highest BCUT2D eigenvalue weighted by Crippen LogP contribution is 2.50. The molecule has 0 unspecified atom stereocenters.